The van der Waals surface area contributed by atoms with E-state index >= 15 is 0 Å². The summed E-state index contributed by atoms with van der Waals surface area (Å²) in [6.45, 7) is 10.3. The number of methoxy groups -OCH3 is 1. The molecule has 10 nitrogen and oxygen atoms in total. The summed E-state index contributed by atoms with van der Waals surface area (Å²) in [7, 11) is 1.25. The van der Waals surface area contributed by atoms with Crippen molar-refractivity contribution in [3.63, 3.8) is 0 Å². The number of rotatable bonds is 15. The second-order valence-electron chi connectivity index (χ2n) is 9.45. The maximum atomic E-state index is 12.6. The fraction of sp³-hybridized carbons (Fsp3) is 0.708. The average molecular weight is 484 g/mol. The Balaban J connectivity index is 5.24. The van der Waals surface area contributed by atoms with Crippen LogP contribution in [0.2, 0.25) is 0 Å². The van der Waals surface area contributed by atoms with Gasteiger partial charge in [-0.1, -0.05) is 13.5 Å². The van der Waals surface area contributed by atoms with Crippen LogP contribution >= 0.6 is 0 Å². The molecule has 4 unspecified atom stereocenters. The van der Waals surface area contributed by atoms with Crippen LogP contribution in [0, 0.1) is 34.0 Å². The van der Waals surface area contributed by atoms with Gasteiger partial charge in [-0.3, -0.25) is 14.4 Å². The lowest BCUT2D eigenvalue weighted by Crippen LogP contribution is -2.40. The van der Waals surface area contributed by atoms with Crippen molar-refractivity contribution in [3.8, 4) is 6.07 Å². The lowest BCUT2D eigenvalue weighted by Gasteiger charge is -2.34. The minimum atomic E-state index is -1.47. The molecule has 0 spiro atoms. The third kappa shape index (κ3) is 9.91. The Bertz CT molecular complexity index is 799. The smallest absolute Gasteiger partial charge is 0.333 e. The predicted molar refractivity (Wildman–Crippen MR) is 121 cm³/mol. The van der Waals surface area contributed by atoms with E-state index in [1.165, 1.54) is 34.8 Å². The zero-order valence-corrected chi connectivity index (χ0v) is 20.9. The maximum Gasteiger partial charge on any atom is 0.333 e. The van der Waals surface area contributed by atoms with Gasteiger partial charge in [0.1, 0.15) is 19.3 Å². The van der Waals surface area contributed by atoms with Crippen LogP contribution in [-0.4, -0.2) is 60.5 Å². The maximum absolute atomic E-state index is 12.6. The van der Waals surface area contributed by atoms with Gasteiger partial charge in [-0.25, -0.2) is 4.79 Å². The quantitative estimate of drug-likeness (QED) is 0.201. The summed E-state index contributed by atoms with van der Waals surface area (Å²) in [4.78, 5) is 48.1. The molecule has 0 aromatic rings. The minimum Gasteiger partial charge on any atom is -0.481 e. The van der Waals surface area contributed by atoms with Crippen LogP contribution in [0.5, 0.6) is 0 Å². The van der Waals surface area contributed by atoms with E-state index in [-0.39, 0.29) is 24.8 Å². The number of aliphatic hydroxyl groups excluding tert-OH is 1. The highest BCUT2D eigenvalue weighted by molar-refractivity contribution is 5.86. The van der Waals surface area contributed by atoms with Crippen molar-refractivity contribution >= 4 is 23.9 Å². The highest BCUT2D eigenvalue weighted by Crippen LogP contribution is 2.41. The van der Waals surface area contributed by atoms with Crippen LogP contribution in [-0.2, 0) is 33.4 Å². The highest BCUT2D eigenvalue weighted by Gasteiger charge is 2.45. The number of ether oxygens (including phenoxy) is 3. The predicted octanol–water partition coefficient (Wildman–Crippen LogP) is 2.64. The Hall–Kier alpha value is -2.93. The first-order valence-electron chi connectivity index (χ1n) is 11.0. The fourth-order valence-electron chi connectivity index (χ4n) is 3.66. The number of nitriles is 1. The number of carboxylic acids is 1. The molecule has 0 bridgehead atoms. The molecule has 0 saturated heterocycles. The van der Waals surface area contributed by atoms with Crippen LogP contribution in [0.1, 0.15) is 60.3 Å². The molecule has 4 atom stereocenters. The molecule has 10 heteroatoms. The van der Waals surface area contributed by atoms with Crippen LogP contribution in [0.15, 0.2) is 12.2 Å². The normalized spacial score (nSPS) is 15.6. The van der Waals surface area contributed by atoms with Gasteiger partial charge < -0.3 is 24.4 Å². The molecule has 0 aromatic carbocycles. The number of nitrogens with zero attached hydrogens (tertiary/aromatic N) is 1. The Labute approximate surface area is 200 Å². The molecule has 0 aliphatic rings. The van der Waals surface area contributed by atoms with E-state index in [0.29, 0.717) is 6.42 Å². The van der Waals surface area contributed by atoms with E-state index in [9.17, 15) is 34.7 Å². The summed E-state index contributed by atoms with van der Waals surface area (Å²) in [6.07, 6.45) is -0.912. The van der Waals surface area contributed by atoms with E-state index in [1.807, 2.05) is 0 Å². The highest BCUT2D eigenvalue weighted by atomic mass is 16.6. The number of aliphatic carboxylic acids is 1. The largest absolute Gasteiger partial charge is 0.481 e. The molecule has 0 saturated carbocycles. The molecular formula is C24H37NO9. The number of hydrogen-bond donors (Lipinski definition) is 2. The molecule has 34 heavy (non-hydrogen) atoms. The monoisotopic (exact) mass is 483 g/mol. The second-order valence-corrected chi connectivity index (χ2v) is 9.45. The number of carbonyl (C=O) groups is 4. The zero-order valence-electron chi connectivity index (χ0n) is 20.9. The Morgan fingerprint density at radius 3 is 2.12 bits per heavy atom. The first kappa shape index (κ1) is 31.1. The number of carboxylic acid groups (broad SMARTS) is 1. The third-order valence-electron chi connectivity index (χ3n) is 5.54. The molecule has 0 fully saturated rings. The third-order valence-corrected chi connectivity index (χ3v) is 5.54. The summed E-state index contributed by atoms with van der Waals surface area (Å²) in [5.41, 5.74) is -2.58. The number of esters is 3. The van der Waals surface area contributed by atoms with Crippen LogP contribution < -0.4 is 0 Å². The van der Waals surface area contributed by atoms with Crippen molar-refractivity contribution in [2.75, 3.05) is 20.3 Å². The first-order valence-corrected chi connectivity index (χ1v) is 11.0. The van der Waals surface area contributed by atoms with Crippen molar-refractivity contribution in [2.24, 2.45) is 22.7 Å². The van der Waals surface area contributed by atoms with E-state index in [0.717, 1.165) is 0 Å². The lowest BCUT2D eigenvalue weighted by atomic mass is 9.69. The molecule has 0 heterocycles. The van der Waals surface area contributed by atoms with Crippen LogP contribution in [0.25, 0.3) is 0 Å². The molecule has 2 N–H and O–H groups in total. The van der Waals surface area contributed by atoms with E-state index < -0.39 is 65.9 Å². The Kier molecular flexibility index (Phi) is 12.5. The van der Waals surface area contributed by atoms with E-state index in [4.69, 9.17) is 14.2 Å². The van der Waals surface area contributed by atoms with Crippen molar-refractivity contribution in [1.29, 1.82) is 5.26 Å². The summed E-state index contributed by atoms with van der Waals surface area (Å²) < 4.78 is 14.7. The van der Waals surface area contributed by atoms with Gasteiger partial charge in [-0.15, -0.1) is 0 Å². The summed E-state index contributed by atoms with van der Waals surface area (Å²) in [6, 6.07) is 2.07. The molecule has 0 rings (SSSR count). The van der Waals surface area contributed by atoms with Crippen molar-refractivity contribution in [3.05, 3.63) is 12.2 Å². The van der Waals surface area contributed by atoms with E-state index in [2.05, 4.69) is 12.6 Å². The SMILES string of the molecule is C=C(C)C(=O)OCC(O)COC(=O)C(C)(C)CC(C)(CC(C#N)CC(CC)C(=O)OC)C(=O)O. The molecule has 0 aliphatic carbocycles. The molecule has 0 aliphatic heterocycles. The lowest BCUT2D eigenvalue weighted by molar-refractivity contribution is -0.163. The van der Waals surface area contributed by atoms with Crippen molar-refractivity contribution in [1.82, 2.24) is 0 Å². The van der Waals surface area contributed by atoms with Gasteiger partial charge in [-0.05, 0) is 53.4 Å². The number of carbonyl (C=O) groups excluding carboxylic acids is 3. The van der Waals surface area contributed by atoms with Crippen LogP contribution in [0.4, 0.5) is 0 Å². The van der Waals surface area contributed by atoms with Crippen molar-refractivity contribution in [2.45, 2.75) is 66.4 Å². The van der Waals surface area contributed by atoms with Gasteiger partial charge >= 0.3 is 23.9 Å². The average Bonchev–Trinajstić information content (AvgIpc) is 2.77. The van der Waals surface area contributed by atoms with Crippen LogP contribution in [0.3, 0.4) is 0 Å². The molecule has 0 aromatic heterocycles. The van der Waals surface area contributed by atoms with Gasteiger partial charge in [0, 0.05) is 11.5 Å². The standard InChI is InChI=1S/C24H37NO9/c1-8-17(20(28)32-7)9-16(11-25)10-24(6,21(29)30)14-23(4,5)22(31)34-13-18(26)12-33-19(27)15(2)3/h16-18,26H,2,8-10,12-14H2,1,3-7H3,(H,29,30). The van der Waals surface area contributed by atoms with Gasteiger partial charge in [-0.2, -0.15) is 5.26 Å². The Morgan fingerprint density at radius 1 is 1.12 bits per heavy atom. The molecule has 192 valence electrons. The molecule has 0 amide bonds. The summed E-state index contributed by atoms with van der Waals surface area (Å²) in [5, 5.41) is 29.4. The van der Waals surface area contributed by atoms with Crippen molar-refractivity contribution < 1.29 is 43.6 Å². The number of aliphatic hydroxyl groups is 1. The first-order chi connectivity index (χ1) is 15.6. The number of hydrogen-bond acceptors (Lipinski definition) is 9. The Morgan fingerprint density at radius 2 is 1.68 bits per heavy atom. The van der Waals surface area contributed by atoms with E-state index in [1.54, 1.807) is 6.92 Å². The topological polar surface area (TPSA) is 160 Å². The zero-order chi connectivity index (χ0) is 26.7. The van der Waals surface area contributed by atoms with Gasteiger partial charge in [0.15, 0.2) is 0 Å². The van der Waals surface area contributed by atoms with Gasteiger partial charge in [0.05, 0.1) is 29.9 Å². The van der Waals surface area contributed by atoms with Gasteiger partial charge in [0.2, 0.25) is 0 Å². The molecular weight excluding hydrogens is 446 g/mol. The second kappa shape index (κ2) is 13.7. The fourth-order valence-corrected chi connectivity index (χ4v) is 3.66. The minimum absolute atomic E-state index is 0.0808. The summed E-state index contributed by atoms with van der Waals surface area (Å²) in [5.74, 6) is -4.37. The molecule has 0 radical (unpaired) electrons. The van der Waals surface area contributed by atoms with Gasteiger partial charge in [0.25, 0.3) is 0 Å². The summed E-state index contributed by atoms with van der Waals surface area (Å²) >= 11 is 0.